The molecule has 0 unspecified atom stereocenters. The summed E-state index contributed by atoms with van der Waals surface area (Å²) in [6.45, 7) is 1.83. The summed E-state index contributed by atoms with van der Waals surface area (Å²) in [6, 6.07) is 3.41. The summed E-state index contributed by atoms with van der Waals surface area (Å²) in [7, 11) is 0. The summed E-state index contributed by atoms with van der Waals surface area (Å²) >= 11 is 0. The van der Waals surface area contributed by atoms with Crippen molar-refractivity contribution in [2.45, 2.75) is 6.92 Å². The summed E-state index contributed by atoms with van der Waals surface area (Å²) in [4.78, 5) is 22.4. The summed E-state index contributed by atoms with van der Waals surface area (Å²) in [5, 5.41) is 2.60. The summed E-state index contributed by atoms with van der Waals surface area (Å²) in [5.74, 6) is 0.100. The molecule has 0 aliphatic carbocycles. The number of hydrogen-bond donors (Lipinski definition) is 2. The molecule has 76 valence electrons. The Bertz CT molecular complexity index is 463. The molecule has 0 saturated heterocycles. The molecule has 0 aliphatic heterocycles. The molecule has 0 aromatic carbocycles. The number of anilines is 1. The second-order valence-electron chi connectivity index (χ2n) is 3.04. The van der Waals surface area contributed by atoms with Gasteiger partial charge in [0.25, 0.3) is 5.91 Å². The lowest BCUT2D eigenvalue weighted by atomic mass is 10.2. The van der Waals surface area contributed by atoms with Crippen molar-refractivity contribution in [3.63, 3.8) is 0 Å². The average Bonchev–Trinajstić information content (AvgIpc) is 2.66. The Kier molecular flexibility index (Phi) is 2.45. The van der Waals surface area contributed by atoms with Crippen LogP contribution >= 0.6 is 0 Å². The van der Waals surface area contributed by atoms with Crippen LogP contribution in [0.15, 0.2) is 30.7 Å². The highest BCUT2D eigenvalue weighted by atomic mass is 16.1. The van der Waals surface area contributed by atoms with Crippen LogP contribution in [-0.2, 0) is 0 Å². The van der Waals surface area contributed by atoms with Gasteiger partial charge in [0.1, 0.15) is 0 Å². The average molecular weight is 202 g/mol. The molecule has 1 amide bonds. The monoisotopic (exact) mass is 202 g/mol. The van der Waals surface area contributed by atoms with Gasteiger partial charge in [-0.2, -0.15) is 0 Å². The molecule has 2 aromatic rings. The predicted octanol–water partition coefficient (Wildman–Crippen LogP) is 1.37. The van der Waals surface area contributed by atoms with Crippen molar-refractivity contribution in [3.8, 4) is 0 Å². The van der Waals surface area contributed by atoms with Gasteiger partial charge in [-0.3, -0.25) is 10.1 Å². The summed E-state index contributed by atoms with van der Waals surface area (Å²) in [5.41, 5.74) is 1.42. The molecule has 5 heteroatoms. The first kappa shape index (κ1) is 9.39. The zero-order valence-corrected chi connectivity index (χ0v) is 8.19. The van der Waals surface area contributed by atoms with Gasteiger partial charge in [0.2, 0.25) is 5.95 Å². The van der Waals surface area contributed by atoms with Crippen molar-refractivity contribution < 1.29 is 4.79 Å². The molecule has 0 bridgehead atoms. The molecule has 2 aromatic heterocycles. The van der Waals surface area contributed by atoms with Gasteiger partial charge in [-0.25, -0.2) is 9.97 Å². The highest BCUT2D eigenvalue weighted by Gasteiger charge is 2.10. The van der Waals surface area contributed by atoms with E-state index in [9.17, 15) is 4.79 Å². The molecule has 0 aliphatic rings. The molecule has 0 fully saturated rings. The number of nitrogens with zero attached hydrogens (tertiary/aromatic N) is 2. The number of aryl methyl sites for hydroxylation is 1. The molecule has 5 nitrogen and oxygen atoms in total. The number of carbonyl (C=O) groups is 1. The van der Waals surface area contributed by atoms with Crippen LogP contribution in [-0.4, -0.2) is 20.9 Å². The lowest BCUT2D eigenvalue weighted by molar-refractivity contribution is 0.102. The second kappa shape index (κ2) is 3.91. The number of nitrogens with one attached hydrogen (secondary N) is 2. The molecule has 2 N–H and O–H groups in total. The van der Waals surface area contributed by atoms with Crippen molar-refractivity contribution in [1.29, 1.82) is 0 Å². The predicted molar refractivity (Wildman–Crippen MR) is 55.5 cm³/mol. The smallest absolute Gasteiger partial charge is 0.259 e. The van der Waals surface area contributed by atoms with E-state index in [4.69, 9.17) is 0 Å². The topological polar surface area (TPSA) is 70.7 Å². The molecule has 0 radical (unpaired) electrons. The Labute approximate surface area is 86.6 Å². The van der Waals surface area contributed by atoms with E-state index in [1.54, 1.807) is 30.7 Å². The number of aromatic amines is 1. The molecule has 0 atom stereocenters. The fourth-order valence-corrected chi connectivity index (χ4v) is 1.23. The maximum Gasteiger partial charge on any atom is 0.259 e. The van der Waals surface area contributed by atoms with Gasteiger partial charge < -0.3 is 4.98 Å². The lowest BCUT2D eigenvalue weighted by Crippen LogP contribution is -2.14. The van der Waals surface area contributed by atoms with Gasteiger partial charge in [0, 0.05) is 24.3 Å². The van der Waals surface area contributed by atoms with E-state index >= 15 is 0 Å². The Balaban J connectivity index is 2.15. The van der Waals surface area contributed by atoms with Crippen LogP contribution in [0, 0.1) is 6.92 Å². The number of hydrogen-bond acceptors (Lipinski definition) is 3. The minimum Gasteiger partial charge on any atom is -0.365 e. The maximum atomic E-state index is 11.7. The van der Waals surface area contributed by atoms with Crippen molar-refractivity contribution in [2.24, 2.45) is 0 Å². The third kappa shape index (κ3) is 2.01. The Morgan fingerprint density at radius 2 is 2.13 bits per heavy atom. The minimum atomic E-state index is -0.208. The van der Waals surface area contributed by atoms with Gasteiger partial charge in [0.05, 0.1) is 5.56 Å². The van der Waals surface area contributed by atoms with Crippen LogP contribution in [0.4, 0.5) is 5.95 Å². The normalized spacial score (nSPS) is 9.93. The number of aromatic nitrogens is 3. The second-order valence-corrected chi connectivity index (χ2v) is 3.04. The van der Waals surface area contributed by atoms with Crippen molar-refractivity contribution >= 4 is 11.9 Å². The van der Waals surface area contributed by atoms with Crippen LogP contribution in [0.25, 0.3) is 0 Å². The third-order valence-corrected chi connectivity index (χ3v) is 1.99. The largest absolute Gasteiger partial charge is 0.365 e. The fourth-order valence-electron chi connectivity index (χ4n) is 1.23. The van der Waals surface area contributed by atoms with Gasteiger partial charge in [-0.05, 0) is 19.1 Å². The van der Waals surface area contributed by atoms with Gasteiger partial charge in [0.15, 0.2) is 0 Å². The van der Waals surface area contributed by atoms with E-state index in [-0.39, 0.29) is 5.91 Å². The van der Waals surface area contributed by atoms with Crippen LogP contribution in [0.3, 0.4) is 0 Å². The molecule has 15 heavy (non-hydrogen) atoms. The minimum absolute atomic E-state index is 0.208. The Morgan fingerprint density at radius 3 is 2.73 bits per heavy atom. The van der Waals surface area contributed by atoms with E-state index in [0.29, 0.717) is 11.5 Å². The molecule has 0 saturated carbocycles. The Morgan fingerprint density at radius 1 is 1.40 bits per heavy atom. The number of amides is 1. The van der Waals surface area contributed by atoms with Gasteiger partial charge >= 0.3 is 0 Å². The van der Waals surface area contributed by atoms with Gasteiger partial charge in [-0.1, -0.05) is 0 Å². The zero-order valence-electron chi connectivity index (χ0n) is 8.19. The first-order valence-corrected chi connectivity index (χ1v) is 4.50. The Hall–Kier alpha value is -2.17. The lowest BCUT2D eigenvalue weighted by Gasteiger charge is -2.01. The van der Waals surface area contributed by atoms with E-state index in [1.165, 1.54) is 0 Å². The van der Waals surface area contributed by atoms with Crippen LogP contribution in [0.2, 0.25) is 0 Å². The first-order valence-electron chi connectivity index (χ1n) is 4.50. The first-order chi connectivity index (χ1) is 7.27. The van der Waals surface area contributed by atoms with Crippen molar-refractivity contribution in [3.05, 3.63) is 42.0 Å². The van der Waals surface area contributed by atoms with Gasteiger partial charge in [-0.15, -0.1) is 0 Å². The fraction of sp³-hybridized carbons (Fsp3) is 0.100. The summed E-state index contributed by atoms with van der Waals surface area (Å²) in [6.07, 6.45) is 4.87. The number of H-pyrrole nitrogens is 1. The van der Waals surface area contributed by atoms with E-state index < -0.39 is 0 Å². The maximum absolute atomic E-state index is 11.7. The van der Waals surface area contributed by atoms with E-state index in [2.05, 4.69) is 20.3 Å². The van der Waals surface area contributed by atoms with E-state index in [0.717, 1.165) is 5.69 Å². The molecule has 2 heterocycles. The summed E-state index contributed by atoms with van der Waals surface area (Å²) < 4.78 is 0. The highest BCUT2D eigenvalue weighted by Crippen LogP contribution is 2.07. The standard InChI is InChI=1S/C10H10N4O/c1-7-8(3-6-11-7)9(15)14-10-12-4-2-5-13-10/h2-6,11H,1H3,(H,12,13,14,15). The van der Waals surface area contributed by atoms with Crippen molar-refractivity contribution in [1.82, 2.24) is 15.0 Å². The van der Waals surface area contributed by atoms with Crippen LogP contribution in [0.1, 0.15) is 16.1 Å². The third-order valence-electron chi connectivity index (χ3n) is 1.99. The van der Waals surface area contributed by atoms with E-state index in [1.807, 2.05) is 6.92 Å². The molecule has 2 rings (SSSR count). The van der Waals surface area contributed by atoms with Crippen LogP contribution < -0.4 is 5.32 Å². The molecular weight excluding hydrogens is 192 g/mol. The SMILES string of the molecule is Cc1[nH]ccc1C(=O)Nc1ncccn1. The number of carbonyl (C=O) groups excluding carboxylic acids is 1. The highest BCUT2D eigenvalue weighted by molar-refractivity contribution is 6.04. The van der Waals surface area contributed by atoms with Crippen LogP contribution in [0.5, 0.6) is 0 Å². The number of rotatable bonds is 2. The zero-order chi connectivity index (χ0) is 10.7. The molecule has 0 spiro atoms. The van der Waals surface area contributed by atoms with Crippen molar-refractivity contribution in [2.75, 3.05) is 5.32 Å². The molecular formula is C10H10N4O. The quantitative estimate of drug-likeness (QED) is 0.772.